The standard InChI is InChI=1S/C27H34N2O6S2/c1-4-6-13-27(14-7-5-2)18-28(20-8-10-21(11-9-20)29(32)33)22-16-24(36-3)23(35-15-12-26(30)31)17-25(22)37(34)19-27/h8-12,15-17H,4-7,13-14,18-19H2,1-3H3,(H,30,31)/b15-12+. The fourth-order valence-electron chi connectivity index (χ4n) is 4.68. The van der Waals surface area contributed by atoms with Gasteiger partial charge in [-0.3, -0.25) is 10.1 Å². The molecule has 8 nitrogen and oxygen atoms in total. The Hall–Kier alpha value is -2.69. The van der Waals surface area contributed by atoms with Crippen LogP contribution in [0, 0.1) is 15.5 Å². The number of hydrogen-bond donors (Lipinski definition) is 1. The molecule has 0 fully saturated rings. The summed E-state index contributed by atoms with van der Waals surface area (Å²) in [5, 5.41) is 20.2. The topological polar surface area (TPSA) is 116 Å². The van der Waals surface area contributed by atoms with Crippen LogP contribution < -0.4 is 9.64 Å². The molecule has 0 radical (unpaired) electrons. The maximum absolute atomic E-state index is 13.9. The molecule has 2 aromatic carbocycles. The fraction of sp³-hybridized carbons (Fsp3) is 0.444. The fourth-order valence-corrected chi connectivity index (χ4v) is 6.95. The maximum Gasteiger partial charge on any atom is 0.331 e. The van der Waals surface area contributed by atoms with E-state index in [9.17, 15) is 19.5 Å². The van der Waals surface area contributed by atoms with Crippen molar-refractivity contribution in [3.63, 3.8) is 0 Å². The first-order valence-electron chi connectivity index (χ1n) is 12.4. The zero-order chi connectivity index (χ0) is 27.0. The Morgan fingerprint density at radius 3 is 2.41 bits per heavy atom. The normalized spacial score (nSPS) is 16.9. The summed E-state index contributed by atoms with van der Waals surface area (Å²) >= 11 is 0.116. The first-order valence-corrected chi connectivity index (χ1v) is 15.0. The lowest BCUT2D eigenvalue weighted by atomic mass is 9.79. The molecule has 0 aromatic heterocycles. The highest BCUT2D eigenvalue weighted by Crippen LogP contribution is 2.48. The van der Waals surface area contributed by atoms with Gasteiger partial charge in [0, 0.05) is 35.8 Å². The number of nitro benzene ring substituents is 1. The van der Waals surface area contributed by atoms with E-state index < -0.39 is 22.1 Å². The Morgan fingerprint density at radius 1 is 1.22 bits per heavy atom. The SMILES string of the molecule is CCCCC1(CCCC)CN(c2ccc([N+](=O)[O-])cc2)c2cc(SC)c(O/C=C/C(=O)O)cc2[S+]([O-])C1. The van der Waals surface area contributed by atoms with E-state index in [1.165, 1.54) is 23.9 Å². The Morgan fingerprint density at radius 2 is 1.86 bits per heavy atom. The van der Waals surface area contributed by atoms with Crippen LogP contribution in [0.1, 0.15) is 52.4 Å². The molecule has 1 N–H and O–H groups in total. The quantitative estimate of drug-likeness (QED) is 0.0761. The molecule has 0 aliphatic carbocycles. The highest BCUT2D eigenvalue weighted by molar-refractivity contribution is 7.98. The van der Waals surface area contributed by atoms with Gasteiger partial charge in [-0.1, -0.05) is 39.5 Å². The molecule has 1 heterocycles. The van der Waals surface area contributed by atoms with E-state index in [1.807, 2.05) is 12.3 Å². The van der Waals surface area contributed by atoms with Crippen molar-refractivity contribution in [3.05, 3.63) is 58.9 Å². The average Bonchev–Trinajstić information content (AvgIpc) is 3.00. The van der Waals surface area contributed by atoms with Crippen LogP contribution in [0.2, 0.25) is 0 Å². The molecule has 1 aliphatic rings. The molecule has 0 bridgehead atoms. The summed E-state index contributed by atoms with van der Waals surface area (Å²) in [4.78, 5) is 25.3. The highest BCUT2D eigenvalue weighted by atomic mass is 32.2. The van der Waals surface area contributed by atoms with Crippen LogP contribution in [0.15, 0.2) is 58.5 Å². The summed E-state index contributed by atoms with van der Waals surface area (Å²) in [7, 11) is 0. The molecule has 0 spiro atoms. The van der Waals surface area contributed by atoms with Crippen molar-refractivity contribution in [2.45, 2.75) is 62.2 Å². The molecular weight excluding hydrogens is 512 g/mol. The van der Waals surface area contributed by atoms with Crippen molar-refractivity contribution in [2.75, 3.05) is 23.5 Å². The smallest absolute Gasteiger partial charge is 0.331 e. The van der Waals surface area contributed by atoms with Gasteiger partial charge >= 0.3 is 5.97 Å². The molecule has 0 amide bonds. The number of fused-ring (bicyclic) bond motifs is 1. The van der Waals surface area contributed by atoms with Gasteiger partial charge < -0.3 is 19.3 Å². The van der Waals surface area contributed by atoms with Crippen LogP contribution in [0.5, 0.6) is 5.75 Å². The molecular formula is C27H34N2O6S2. The van der Waals surface area contributed by atoms with Crippen molar-refractivity contribution >= 4 is 46.0 Å². The van der Waals surface area contributed by atoms with E-state index in [1.54, 1.807) is 18.2 Å². The van der Waals surface area contributed by atoms with Crippen LogP contribution in [-0.4, -0.2) is 39.1 Å². The number of benzene rings is 2. The zero-order valence-electron chi connectivity index (χ0n) is 21.5. The molecule has 0 saturated heterocycles. The monoisotopic (exact) mass is 546 g/mol. The van der Waals surface area contributed by atoms with Gasteiger partial charge in [0.15, 0.2) is 4.90 Å². The van der Waals surface area contributed by atoms with Gasteiger partial charge in [-0.15, -0.1) is 11.8 Å². The van der Waals surface area contributed by atoms with Crippen molar-refractivity contribution in [1.29, 1.82) is 0 Å². The third kappa shape index (κ3) is 7.21. The molecule has 1 unspecified atom stereocenters. The number of carboxylic acid groups (broad SMARTS) is 1. The summed E-state index contributed by atoms with van der Waals surface area (Å²) in [6.45, 7) is 4.96. The average molecular weight is 547 g/mol. The Labute approximate surface area is 225 Å². The van der Waals surface area contributed by atoms with Gasteiger partial charge in [0.2, 0.25) is 0 Å². The van der Waals surface area contributed by atoms with Crippen LogP contribution in [-0.2, 0) is 16.0 Å². The lowest BCUT2D eigenvalue weighted by Crippen LogP contribution is -2.38. The lowest BCUT2D eigenvalue weighted by Gasteiger charge is -2.36. The third-order valence-electron chi connectivity index (χ3n) is 6.61. The van der Waals surface area contributed by atoms with Gasteiger partial charge in [-0.05, 0) is 48.5 Å². The Kier molecular flexibility index (Phi) is 10.3. The predicted molar refractivity (Wildman–Crippen MR) is 148 cm³/mol. The van der Waals surface area contributed by atoms with Gasteiger partial charge in [0.1, 0.15) is 11.5 Å². The van der Waals surface area contributed by atoms with Crippen molar-refractivity contribution < 1.29 is 24.1 Å². The number of hydrogen-bond acceptors (Lipinski definition) is 7. The zero-order valence-corrected chi connectivity index (χ0v) is 23.1. The van der Waals surface area contributed by atoms with Crippen molar-refractivity contribution in [2.24, 2.45) is 5.41 Å². The van der Waals surface area contributed by atoms with Crippen molar-refractivity contribution in [1.82, 2.24) is 0 Å². The van der Waals surface area contributed by atoms with E-state index >= 15 is 0 Å². The third-order valence-corrected chi connectivity index (χ3v) is 9.06. The number of ether oxygens (including phenoxy) is 1. The molecule has 10 heteroatoms. The summed E-state index contributed by atoms with van der Waals surface area (Å²) in [6.07, 6.45) is 9.92. The van der Waals surface area contributed by atoms with Crippen LogP contribution in [0.4, 0.5) is 17.1 Å². The number of rotatable bonds is 12. The maximum atomic E-state index is 13.9. The Bertz CT molecular complexity index is 1110. The molecule has 0 saturated carbocycles. The minimum absolute atomic E-state index is 0.0179. The first-order chi connectivity index (χ1) is 17.7. The number of aliphatic carboxylic acids is 1. The largest absolute Gasteiger partial charge is 0.611 e. The lowest BCUT2D eigenvalue weighted by molar-refractivity contribution is -0.384. The highest BCUT2D eigenvalue weighted by Gasteiger charge is 2.42. The summed E-state index contributed by atoms with van der Waals surface area (Å²) < 4.78 is 19.6. The second-order valence-corrected chi connectivity index (χ2v) is 11.6. The molecule has 37 heavy (non-hydrogen) atoms. The molecule has 1 aliphatic heterocycles. The number of thioether (sulfide) groups is 1. The van der Waals surface area contributed by atoms with E-state index in [4.69, 9.17) is 9.84 Å². The van der Waals surface area contributed by atoms with E-state index in [0.29, 0.717) is 22.9 Å². The van der Waals surface area contributed by atoms with E-state index in [0.717, 1.165) is 67.1 Å². The molecule has 2 aromatic rings. The number of anilines is 2. The minimum Gasteiger partial charge on any atom is -0.611 e. The van der Waals surface area contributed by atoms with E-state index in [2.05, 4.69) is 18.7 Å². The number of nitro groups is 1. The van der Waals surface area contributed by atoms with Gasteiger partial charge in [0.05, 0.1) is 27.8 Å². The summed E-state index contributed by atoms with van der Waals surface area (Å²) in [5.74, 6) is -0.174. The second kappa shape index (κ2) is 13.2. The number of unbranched alkanes of at least 4 members (excludes halogenated alkanes) is 2. The molecule has 200 valence electrons. The summed E-state index contributed by atoms with van der Waals surface area (Å²) in [5.41, 5.74) is 1.40. The first kappa shape index (κ1) is 28.9. The number of carboxylic acids is 1. The van der Waals surface area contributed by atoms with Gasteiger partial charge in [-0.25, -0.2) is 4.79 Å². The van der Waals surface area contributed by atoms with Crippen molar-refractivity contribution in [3.8, 4) is 5.75 Å². The van der Waals surface area contributed by atoms with Crippen LogP contribution in [0.25, 0.3) is 0 Å². The predicted octanol–water partition coefficient (Wildman–Crippen LogP) is 6.92. The summed E-state index contributed by atoms with van der Waals surface area (Å²) in [6, 6.07) is 10.2. The number of non-ortho nitro benzene ring substituents is 1. The Balaban J connectivity index is 2.17. The van der Waals surface area contributed by atoms with E-state index in [-0.39, 0.29) is 11.1 Å². The number of carbonyl (C=O) groups is 1. The minimum atomic E-state index is -1.33. The van der Waals surface area contributed by atoms with Crippen LogP contribution >= 0.6 is 11.8 Å². The molecule has 1 atom stereocenters. The second-order valence-electron chi connectivity index (χ2n) is 9.29. The molecule has 3 rings (SSSR count). The number of nitrogens with zero attached hydrogens (tertiary/aromatic N) is 2. The van der Waals surface area contributed by atoms with Gasteiger partial charge in [0.25, 0.3) is 5.69 Å². The van der Waals surface area contributed by atoms with Gasteiger partial charge in [-0.2, -0.15) is 0 Å². The van der Waals surface area contributed by atoms with Crippen LogP contribution in [0.3, 0.4) is 0 Å².